The van der Waals surface area contributed by atoms with E-state index in [1.807, 2.05) is 0 Å². The van der Waals surface area contributed by atoms with E-state index >= 15 is 0 Å². The first kappa shape index (κ1) is 9.92. The third kappa shape index (κ3) is 2.07. The summed E-state index contributed by atoms with van der Waals surface area (Å²) in [6.45, 7) is 0. The fourth-order valence-electron chi connectivity index (χ4n) is 1.06. The molecular formula is C9H9ClN4O. The molecule has 0 aliphatic rings. The molecule has 15 heavy (non-hydrogen) atoms. The maximum atomic E-state index is 5.63. The van der Waals surface area contributed by atoms with Crippen LogP contribution in [0.5, 0.6) is 5.75 Å². The first-order valence-corrected chi connectivity index (χ1v) is 4.83. The Morgan fingerprint density at radius 1 is 1.33 bits per heavy atom. The summed E-state index contributed by atoms with van der Waals surface area (Å²) in [5.41, 5.74) is 0.875. The molecule has 0 atom stereocenters. The largest absolute Gasteiger partial charge is 0.493 e. The number of ether oxygens (including phenoxy) is 1. The molecule has 0 spiro atoms. The lowest BCUT2D eigenvalue weighted by molar-refractivity contribution is 0.414. The Hall–Kier alpha value is -1.62. The van der Waals surface area contributed by atoms with Gasteiger partial charge in [0.2, 0.25) is 0 Å². The van der Waals surface area contributed by atoms with Gasteiger partial charge in [-0.05, 0) is 0 Å². The van der Waals surface area contributed by atoms with Crippen molar-refractivity contribution in [1.82, 2.24) is 19.7 Å². The normalized spacial score (nSPS) is 10.3. The highest BCUT2D eigenvalue weighted by molar-refractivity contribution is 6.17. The molecule has 0 aromatic carbocycles. The van der Waals surface area contributed by atoms with Crippen molar-refractivity contribution in [2.75, 3.05) is 7.11 Å². The summed E-state index contributed by atoms with van der Waals surface area (Å²) in [4.78, 5) is 8.23. The highest BCUT2D eigenvalue weighted by Gasteiger charge is 2.02. The van der Waals surface area contributed by atoms with Crippen LogP contribution in [0.2, 0.25) is 0 Å². The molecule has 0 N–H and O–H groups in total. The minimum atomic E-state index is 0.405. The molecule has 2 rings (SSSR count). The van der Waals surface area contributed by atoms with E-state index in [2.05, 4.69) is 15.1 Å². The van der Waals surface area contributed by atoms with Gasteiger partial charge in [-0.2, -0.15) is 5.10 Å². The number of nitrogens with zero attached hydrogens (tertiary/aromatic N) is 4. The van der Waals surface area contributed by atoms with Crippen LogP contribution in [0.1, 0.15) is 5.56 Å². The van der Waals surface area contributed by atoms with Crippen molar-refractivity contribution in [2.45, 2.75) is 5.88 Å². The number of alkyl halides is 1. The molecule has 6 heteroatoms. The molecule has 0 fully saturated rings. The van der Waals surface area contributed by atoms with Crippen molar-refractivity contribution in [3.05, 3.63) is 30.4 Å². The number of hydrogen-bond donors (Lipinski definition) is 0. The number of halogens is 1. The molecule has 0 bridgehead atoms. The quantitative estimate of drug-likeness (QED) is 0.740. The van der Waals surface area contributed by atoms with Crippen molar-refractivity contribution in [3.63, 3.8) is 0 Å². The SMILES string of the molecule is COc1cnn(-c2ncc(CCl)cn2)c1. The van der Waals surface area contributed by atoms with E-state index in [-0.39, 0.29) is 0 Å². The van der Waals surface area contributed by atoms with Crippen LogP contribution in [0.15, 0.2) is 24.8 Å². The summed E-state index contributed by atoms with van der Waals surface area (Å²) in [5, 5.41) is 4.05. The van der Waals surface area contributed by atoms with Gasteiger partial charge in [0.25, 0.3) is 5.95 Å². The average molecular weight is 225 g/mol. The Morgan fingerprint density at radius 2 is 2.07 bits per heavy atom. The molecule has 2 aromatic heterocycles. The monoisotopic (exact) mass is 224 g/mol. The van der Waals surface area contributed by atoms with E-state index in [0.717, 1.165) is 5.56 Å². The zero-order chi connectivity index (χ0) is 10.7. The second-order valence-electron chi connectivity index (χ2n) is 2.85. The van der Waals surface area contributed by atoms with Gasteiger partial charge in [0, 0.05) is 18.0 Å². The minimum absolute atomic E-state index is 0.405. The molecule has 0 aliphatic heterocycles. The zero-order valence-electron chi connectivity index (χ0n) is 8.09. The number of rotatable bonds is 3. The van der Waals surface area contributed by atoms with E-state index in [4.69, 9.17) is 16.3 Å². The lowest BCUT2D eigenvalue weighted by Crippen LogP contribution is -2.01. The third-order valence-electron chi connectivity index (χ3n) is 1.85. The summed E-state index contributed by atoms with van der Waals surface area (Å²) in [7, 11) is 1.58. The predicted octanol–water partition coefficient (Wildman–Crippen LogP) is 1.41. The Labute approximate surface area is 91.7 Å². The fourth-order valence-corrected chi connectivity index (χ4v) is 1.19. The smallest absolute Gasteiger partial charge is 0.250 e. The third-order valence-corrected chi connectivity index (χ3v) is 2.15. The van der Waals surface area contributed by atoms with Crippen LogP contribution >= 0.6 is 11.6 Å². The van der Waals surface area contributed by atoms with Crippen LogP contribution in [-0.2, 0) is 5.88 Å². The van der Waals surface area contributed by atoms with Gasteiger partial charge in [0.1, 0.15) is 0 Å². The predicted molar refractivity (Wildman–Crippen MR) is 55.3 cm³/mol. The maximum Gasteiger partial charge on any atom is 0.250 e. The van der Waals surface area contributed by atoms with Gasteiger partial charge in [-0.25, -0.2) is 14.6 Å². The molecule has 2 aromatic rings. The lowest BCUT2D eigenvalue weighted by Gasteiger charge is -1.99. The van der Waals surface area contributed by atoms with Gasteiger partial charge >= 0.3 is 0 Å². The van der Waals surface area contributed by atoms with Crippen LogP contribution in [0, 0.1) is 0 Å². The van der Waals surface area contributed by atoms with Crippen LogP contribution in [-0.4, -0.2) is 26.9 Å². The van der Waals surface area contributed by atoms with Crippen molar-refractivity contribution >= 4 is 11.6 Å². The molecule has 0 saturated heterocycles. The van der Waals surface area contributed by atoms with Crippen LogP contribution in [0.4, 0.5) is 0 Å². The zero-order valence-corrected chi connectivity index (χ0v) is 8.85. The first-order valence-electron chi connectivity index (χ1n) is 4.29. The van der Waals surface area contributed by atoms with Crippen LogP contribution in [0.25, 0.3) is 5.95 Å². The second-order valence-corrected chi connectivity index (χ2v) is 3.12. The molecular weight excluding hydrogens is 216 g/mol. The fraction of sp³-hybridized carbons (Fsp3) is 0.222. The standard InChI is InChI=1S/C9H9ClN4O/c1-15-8-5-13-14(6-8)9-11-3-7(2-10)4-12-9/h3-6H,2H2,1H3. The van der Waals surface area contributed by atoms with Gasteiger partial charge in [-0.1, -0.05) is 0 Å². The number of methoxy groups -OCH3 is 1. The molecule has 0 amide bonds. The van der Waals surface area contributed by atoms with Crippen molar-refractivity contribution in [2.24, 2.45) is 0 Å². The molecule has 0 aliphatic carbocycles. The molecule has 0 saturated carbocycles. The molecule has 0 unspecified atom stereocenters. The minimum Gasteiger partial charge on any atom is -0.493 e. The van der Waals surface area contributed by atoms with E-state index in [0.29, 0.717) is 17.6 Å². The highest BCUT2D eigenvalue weighted by Crippen LogP contribution is 2.10. The van der Waals surface area contributed by atoms with Gasteiger partial charge in [0.05, 0.1) is 25.4 Å². The lowest BCUT2D eigenvalue weighted by atomic mass is 10.4. The van der Waals surface area contributed by atoms with Crippen molar-refractivity contribution < 1.29 is 4.74 Å². The van der Waals surface area contributed by atoms with Gasteiger partial charge in [-0.15, -0.1) is 11.6 Å². The van der Waals surface area contributed by atoms with Gasteiger partial charge in [-0.3, -0.25) is 0 Å². The number of aromatic nitrogens is 4. The Balaban J connectivity index is 2.28. The Kier molecular flexibility index (Phi) is 2.82. The Bertz CT molecular complexity index is 440. The van der Waals surface area contributed by atoms with Crippen LogP contribution in [0.3, 0.4) is 0 Å². The van der Waals surface area contributed by atoms with E-state index in [1.54, 1.807) is 31.9 Å². The molecule has 0 radical (unpaired) electrons. The molecule has 5 nitrogen and oxygen atoms in total. The van der Waals surface area contributed by atoms with Crippen molar-refractivity contribution in [1.29, 1.82) is 0 Å². The van der Waals surface area contributed by atoms with E-state index in [1.165, 1.54) is 4.68 Å². The Morgan fingerprint density at radius 3 is 2.60 bits per heavy atom. The maximum absolute atomic E-state index is 5.63. The summed E-state index contributed by atoms with van der Waals surface area (Å²) in [6.07, 6.45) is 6.64. The summed E-state index contributed by atoms with van der Waals surface area (Å²) in [5.74, 6) is 1.56. The van der Waals surface area contributed by atoms with Crippen LogP contribution < -0.4 is 4.74 Å². The van der Waals surface area contributed by atoms with E-state index < -0.39 is 0 Å². The summed E-state index contributed by atoms with van der Waals surface area (Å²) in [6, 6.07) is 0. The number of hydrogen-bond acceptors (Lipinski definition) is 4. The molecule has 78 valence electrons. The average Bonchev–Trinajstić information content (AvgIpc) is 2.78. The van der Waals surface area contributed by atoms with E-state index in [9.17, 15) is 0 Å². The highest BCUT2D eigenvalue weighted by atomic mass is 35.5. The topological polar surface area (TPSA) is 52.8 Å². The van der Waals surface area contributed by atoms with Crippen molar-refractivity contribution in [3.8, 4) is 11.7 Å². The summed E-state index contributed by atoms with van der Waals surface area (Å²) < 4.78 is 6.54. The van der Waals surface area contributed by atoms with Gasteiger partial charge in [0.15, 0.2) is 5.75 Å². The first-order chi connectivity index (χ1) is 7.33. The summed E-state index contributed by atoms with van der Waals surface area (Å²) >= 11 is 5.63. The second kappa shape index (κ2) is 4.27. The molecule has 2 heterocycles. The van der Waals surface area contributed by atoms with Gasteiger partial charge < -0.3 is 4.74 Å².